The molecule has 0 saturated heterocycles. The Morgan fingerprint density at radius 1 is 1.25 bits per heavy atom. The van der Waals surface area contributed by atoms with Crippen molar-refractivity contribution in [3.05, 3.63) is 60.2 Å². The van der Waals surface area contributed by atoms with Gasteiger partial charge in [0, 0.05) is 18.1 Å². The van der Waals surface area contributed by atoms with Crippen LogP contribution in [-0.4, -0.2) is 16.6 Å². The second-order valence-electron chi connectivity index (χ2n) is 3.90. The van der Waals surface area contributed by atoms with Gasteiger partial charge in [0.2, 0.25) is 0 Å². The number of anilines is 1. The van der Waals surface area contributed by atoms with Crippen molar-refractivity contribution in [1.29, 1.82) is 0 Å². The van der Waals surface area contributed by atoms with Crippen LogP contribution in [0.5, 0.6) is 0 Å². The third kappa shape index (κ3) is 1.33. The number of aromatic nitrogens is 1. The molecule has 0 atom stereocenters. The van der Waals surface area contributed by atoms with Crippen LogP contribution in [0.4, 0.5) is 5.82 Å². The van der Waals surface area contributed by atoms with Gasteiger partial charge in [-0.3, -0.25) is 0 Å². The average Bonchev–Trinajstić information content (AvgIpc) is 2.69. The molecule has 0 N–H and O–H groups in total. The lowest BCUT2D eigenvalue weighted by Crippen LogP contribution is -2.24. The highest BCUT2D eigenvalue weighted by Gasteiger charge is 2.25. The molecule has 0 bridgehead atoms. The second-order valence-corrected chi connectivity index (χ2v) is 3.90. The number of hydrogen-bond donors (Lipinski definition) is 0. The topological polar surface area (TPSA) is 19.4 Å². The van der Waals surface area contributed by atoms with Crippen molar-refractivity contribution in [1.82, 2.24) is 9.88 Å². The normalized spacial score (nSPS) is 18.3. The van der Waals surface area contributed by atoms with Crippen LogP contribution >= 0.6 is 0 Å². The van der Waals surface area contributed by atoms with E-state index in [0.717, 1.165) is 12.5 Å². The van der Waals surface area contributed by atoms with E-state index in [0.29, 0.717) is 0 Å². The SMILES string of the molecule is CC1=C2C=CC=CN2CN1c1ccccn1. The van der Waals surface area contributed by atoms with E-state index in [1.54, 1.807) is 0 Å². The van der Waals surface area contributed by atoms with Gasteiger partial charge < -0.3 is 9.80 Å². The summed E-state index contributed by atoms with van der Waals surface area (Å²) in [6.45, 7) is 2.98. The predicted octanol–water partition coefficient (Wildman–Crippen LogP) is 2.48. The molecule has 1 aromatic heterocycles. The van der Waals surface area contributed by atoms with Gasteiger partial charge in [-0.15, -0.1) is 0 Å². The lowest BCUT2D eigenvalue weighted by atomic mass is 10.2. The van der Waals surface area contributed by atoms with E-state index in [-0.39, 0.29) is 0 Å². The van der Waals surface area contributed by atoms with E-state index in [2.05, 4.69) is 46.1 Å². The van der Waals surface area contributed by atoms with Gasteiger partial charge in [0.15, 0.2) is 0 Å². The van der Waals surface area contributed by atoms with Crippen LogP contribution in [0, 0.1) is 0 Å². The number of pyridine rings is 1. The average molecular weight is 211 g/mol. The highest BCUT2D eigenvalue weighted by Crippen LogP contribution is 2.29. The van der Waals surface area contributed by atoms with E-state index in [9.17, 15) is 0 Å². The maximum Gasteiger partial charge on any atom is 0.134 e. The van der Waals surface area contributed by atoms with Gasteiger partial charge in [-0.25, -0.2) is 4.98 Å². The zero-order valence-electron chi connectivity index (χ0n) is 9.17. The highest BCUT2D eigenvalue weighted by molar-refractivity contribution is 5.52. The van der Waals surface area contributed by atoms with Gasteiger partial charge in [0.05, 0.1) is 5.70 Å². The first-order valence-electron chi connectivity index (χ1n) is 5.37. The summed E-state index contributed by atoms with van der Waals surface area (Å²) in [6, 6.07) is 5.99. The molecule has 0 amide bonds. The van der Waals surface area contributed by atoms with Crippen LogP contribution in [0.3, 0.4) is 0 Å². The van der Waals surface area contributed by atoms with Gasteiger partial charge in [-0.1, -0.05) is 12.1 Å². The van der Waals surface area contributed by atoms with E-state index in [4.69, 9.17) is 0 Å². The van der Waals surface area contributed by atoms with E-state index < -0.39 is 0 Å². The molecule has 0 saturated carbocycles. The summed E-state index contributed by atoms with van der Waals surface area (Å²) in [4.78, 5) is 8.83. The molecule has 3 heteroatoms. The third-order valence-electron chi connectivity index (χ3n) is 2.94. The van der Waals surface area contributed by atoms with E-state index in [1.165, 1.54) is 11.4 Å². The molecule has 0 radical (unpaired) electrons. The molecule has 80 valence electrons. The summed E-state index contributed by atoms with van der Waals surface area (Å²) in [5.41, 5.74) is 2.51. The minimum atomic E-state index is 0.846. The minimum absolute atomic E-state index is 0.846. The van der Waals surface area contributed by atoms with Gasteiger partial charge in [0.1, 0.15) is 12.5 Å². The Labute approximate surface area is 95.0 Å². The van der Waals surface area contributed by atoms with E-state index >= 15 is 0 Å². The number of nitrogens with zero attached hydrogens (tertiary/aromatic N) is 3. The fraction of sp³-hybridized carbons (Fsp3) is 0.154. The van der Waals surface area contributed by atoms with Crippen molar-refractivity contribution in [2.24, 2.45) is 0 Å². The summed E-state index contributed by atoms with van der Waals surface area (Å²) in [7, 11) is 0. The van der Waals surface area contributed by atoms with Gasteiger partial charge >= 0.3 is 0 Å². The maximum atomic E-state index is 4.39. The molecule has 0 unspecified atom stereocenters. The van der Waals surface area contributed by atoms with Crippen LogP contribution < -0.4 is 4.90 Å². The van der Waals surface area contributed by atoms with Crippen molar-refractivity contribution >= 4 is 5.82 Å². The van der Waals surface area contributed by atoms with Crippen LogP contribution in [0.2, 0.25) is 0 Å². The summed E-state index contributed by atoms with van der Waals surface area (Å²) < 4.78 is 0. The Kier molecular flexibility index (Phi) is 2.03. The number of fused-ring (bicyclic) bond motifs is 1. The fourth-order valence-corrected chi connectivity index (χ4v) is 2.08. The number of hydrogen-bond acceptors (Lipinski definition) is 3. The Hall–Kier alpha value is -2.03. The number of allylic oxidation sites excluding steroid dienone is 4. The first-order chi connectivity index (χ1) is 7.86. The molecule has 3 heterocycles. The Bertz CT molecular complexity index is 485. The minimum Gasteiger partial charge on any atom is -0.328 e. The third-order valence-corrected chi connectivity index (χ3v) is 2.94. The first-order valence-corrected chi connectivity index (χ1v) is 5.37. The summed E-state index contributed by atoms with van der Waals surface area (Å²) in [5.74, 6) is 1.00. The van der Waals surface area contributed by atoms with Crippen molar-refractivity contribution in [2.75, 3.05) is 11.6 Å². The highest BCUT2D eigenvalue weighted by atomic mass is 15.4. The van der Waals surface area contributed by atoms with Crippen molar-refractivity contribution in [3.8, 4) is 0 Å². The fourth-order valence-electron chi connectivity index (χ4n) is 2.08. The molecule has 1 aromatic rings. The summed E-state index contributed by atoms with van der Waals surface area (Å²) >= 11 is 0. The Morgan fingerprint density at radius 2 is 2.19 bits per heavy atom. The quantitative estimate of drug-likeness (QED) is 0.711. The first kappa shape index (κ1) is 9.21. The van der Waals surface area contributed by atoms with Crippen molar-refractivity contribution in [3.63, 3.8) is 0 Å². The number of rotatable bonds is 1. The largest absolute Gasteiger partial charge is 0.328 e. The molecule has 2 aliphatic rings. The summed E-state index contributed by atoms with van der Waals surface area (Å²) in [5, 5.41) is 0. The molecular formula is C13H13N3. The lowest BCUT2D eigenvalue weighted by molar-refractivity contribution is 0.518. The van der Waals surface area contributed by atoms with Gasteiger partial charge in [-0.05, 0) is 31.2 Å². The van der Waals surface area contributed by atoms with Crippen molar-refractivity contribution in [2.45, 2.75) is 6.92 Å². The maximum absolute atomic E-state index is 4.39. The van der Waals surface area contributed by atoms with Crippen molar-refractivity contribution < 1.29 is 0 Å². The molecule has 0 aromatic carbocycles. The molecule has 0 aliphatic carbocycles. The van der Waals surface area contributed by atoms with Gasteiger partial charge in [-0.2, -0.15) is 0 Å². The molecule has 16 heavy (non-hydrogen) atoms. The monoisotopic (exact) mass is 211 g/mol. The smallest absolute Gasteiger partial charge is 0.134 e. The Morgan fingerprint density at radius 3 is 2.94 bits per heavy atom. The van der Waals surface area contributed by atoms with E-state index in [1.807, 2.05) is 24.4 Å². The van der Waals surface area contributed by atoms with Crippen LogP contribution in [0.15, 0.2) is 60.2 Å². The van der Waals surface area contributed by atoms with Crippen LogP contribution in [0.1, 0.15) is 6.92 Å². The second kappa shape index (κ2) is 3.52. The molecular weight excluding hydrogens is 198 g/mol. The molecule has 3 nitrogen and oxygen atoms in total. The molecule has 0 spiro atoms. The molecule has 0 fully saturated rings. The Balaban J connectivity index is 1.99. The molecule has 3 rings (SSSR count). The lowest BCUT2D eigenvalue weighted by Gasteiger charge is -2.20. The zero-order chi connectivity index (χ0) is 11.0. The van der Waals surface area contributed by atoms with Crippen LogP contribution in [0.25, 0.3) is 0 Å². The zero-order valence-corrected chi connectivity index (χ0v) is 9.17. The predicted molar refractivity (Wildman–Crippen MR) is 64.4 cm³/mol. The molecule has 2 aliphatic heterocycles. The van der Waals surface area contributed by atoms with Gasteiger partial charge in [0.25, 0.3) is 0 Å². The standard InChI is InChI=1S/C13H13N3/c1-11-12-6-3-5-9-15(12)10-16(11)13-7-2-4-8-14-13/h2-9H,10H2,1H3. The van der Waals surface area contributed by atoms with Crippen LogP contribution in [-0.2, 0) is 0 Å². The summed E-state index contributed by atoms with van der Waals surface area (Å²) in [6.07, 6.45) is 10.2.